The van der Waals surface area contributed by atoms with Gasteiger partial charge in [0, 0.05) is 22.7 Å². The first-order valence-electron chi connectivity index (χ1n) is 7.35. The summed E-state index contributed by atoms with van der Waals surface area (Å²) >= 11 is 0. The SMILES string of the molecule is COc1cccc(NC(N)=NCc2oc3ccccc3c2C)c1.I. The van der Waals surface area contributed by atoms with Gasteiger partial charge in [0.2, 0.25) is 0 Å². The van der Waals surface area contributed by atoms with Crippen molar-refractivity contribution in [3.63, 3.8) is 0 Å². The van der Waals surface area contributed by atoms with Gasteiger partial charge in [-0.15, -0.1) is 24.0 Å². The minimum absolute atomic E-state index is 0. The number of nitrogens with zero attached hydrogens (tertiary/aromatic N) is 1. The van der Waals surface area contributed by atoms with Crippen LogP contribution in [0.25, 0.3) is 11.0 Å². The standard InChI is InChI=1S/C18H19N3O2.HI/c1-12-15-8-3-4-9-16(15)23-17(12)11-20-18(19)21-13-6-5-7-14(10-13)22-2;/h3-10H,11H2,1-2H3,(H3,19,20,21);1H. The monoisotopic (exact) mass is 437 g/mol. The highest BCUT2D eigenvalue weighted by molar-refractivity contribution is 14.0. The Labute approximate surface area is 157 Å². The number of aryl methyl sites for hydroxylation is 1. The quantitative estimate of drug-likeness (QED) is 0.363. The molecule has 0 aliphatic carbocycles. The molecule has 6 heteroatoms. The molecule has 0 saturated heterocycles. The second-order valence-corrected chi connectivity index (χ2v) is 5.20. The number of hydrogen-bond donors (Lipinski definition) is 2. The average Bonchev–Trinajstić information content (AvgIpc) is 2.90. The summed E-state index contributed by atoms with van der Waals surface area (Å²) in [5.74, 6) is 1.91. The van der Waals surface area contributed by atoms with Crippen molar-refractivity contribution in [3.05, 3.63) is 59.9 Å². The number of aliphatic imine (C=N–C) groups is 1. The first kappa shape index (κ1) is 18.1. The van der Waals surface area contributed by atoms with Gasteiger partial charge in [0.25, 0.3) is 0 Å². The summed E-state index contributed by atoms with van der Waals surface area (Å²) in [6.07, 6.45) is 0. The van der Waals surface area contributed by atoms with Gasteiger partial charge in [-0.1, -0.05) is 24.3 Å². The Balaban J connectivity index is 0.00000208. The number of nitrogens with one attached hydrogen (secondary N) is 1. The molecule has 1 heterocycles. The molecule has 0 amide bonds. The maximum absolute atomic E-state index is 5.95. The molecule has 0 aliphatic heterocycles. The Kier molecular flexibility index (Phi) is 6.08. The number of furan rings is 1. The molecule has 0 spiro atoms. The number of methoxy groups -OCH3 is 1. The van der Waals surface area contributed by atoms with Crippen LogP contribution in [0, 0.1) is 6.92 Å². The third kappa shape index (κ3) is 4.00. The van der Waals surface area contributed by atoms with Crippen molar-refractivity contribution in [1.29, 1.82) is 0 Å². The number of anilines is 1. The highest BCUT2D eigenvalue weighted by atomic mass is 127. The summed E-state index contributed by atoms with van der Waals surface area (Å²) in [6.45, 7) is 2.42. The second kappa shape index (κ2) is 8.05. The fourth-order valence-electron chi connectivity index (χ4n) is 2.42. The van der Waals surface area contributed by atoms with Crippen LogP contribution >= 0.6 is 24.0 Å². The van der Waals surface area contributed by atoms with Crippen molar-refractivity contribution in [2.24, 2.45) is 10.7 Å². The van der Waals surface area contributed by atoms with Gasteiger partial charge in [0.15, 0.2) is 5.96 Å². The van der Waals surface area contributed by atoms with Gasteiger partial charge in [0.05, 0.1) is 7.11 Å². The van der Waals surface area contributed by atoms with E-state index >= 15 is 0 Å². The Morgan fingerprint density at radius 1 is 1.21 bits per heavy atom. The number of benzene rings is 2. The molecule has 0 bridgehead atoms. The number of hydrogen-bond acceptors (Lipinski definition) is 3. The van der Waals surface area contributed by atoms with Crippen LogP contribution in [-0.2, 0) is 6.54 Å². The van der Waals surface area contributed by atoms with Crippen LogP contribution in [0.2, 0.25) is 0 Å². The van der Waals surface area contributed by atoms with Gasteiger partial charge >= 0.3 is 0 Å². The van der Waals surface area contributed by atoms with Gasteiger partial charge in [-0.2, -0.15) is 0 Å². The molecule has 3 rings (SSSR count). The number of halogens is 1. The molecule has 3 aromatic rings. The molecule has 3 N–H and O–H groups in total. The summed E-state index contributed by atoms with van der Waals surface area (Å²) in [7, 11) is 1.63. The molecule has 0 unspecified atom stereocenters. The molecule has 24 heavy (non-hydrogen) atoms. The highest BCUT2D eigenvalue weighted by Gasteiger charge is 2.09. The van der Waals surface area contributed by atoms with Gasteiger partial charge < -0.3 is 20.2 Å². The molecule has 126 valence electrons. The summed E-state index contributed by atoms with van der Waals surface area (Å²) in [6, 6.07) is 15.5. The van der Waals surface area contributed by atoms with E-state index in [0.29, 0.717) is 12.5 Å². The number of guanidine groups is 1. The van der Waals surface area contributed by atoms with Crippen molar-refractivity contribution >= 4 is 46.6 Å². The van der Waals surface area contributed by atoms with Crippen molar-refractivity contribution in [3.8, 4) is 5.75 Å². The van der Waals surface area contributed by atoms with Crippen LogP contribution in [-0.4, -0.2) is 13.1 Å². The Morgan fingerprint density at radius 3 is 2.75 bits per heavy atom. The minimum Gasteiger partial charge on any atom is -0.497 e. The molecule has 0 radical (unpaired) electrons. The zero-order valence-electron chi connectivity index (χ0n) is 13.6. The van der Waals surface area contributed by atoms with Gasteiger partial charge in [-0.25, -0.2) is 4.99 Å². The summed E-state index contributed by atoms with van der Waals surface area (Å²) in [5, 5.41) is 4.15. The first-order valence-corrected chi connectivity index (χ1v) is 7.35. The van der Waals surface area contributed by atoms with E-state index in [2.05, 4.69) is 10.3 Å². The van der Waals surface area contributed by atoms with E-state index in [0.717, 1.165) is 33.7 Å². The van der Waals surface area contributed by atoms with E-state index in [4.69, 9.17) is 14.9 Å². The molecular formula is C18H20IN3O2. The lowest BCUT2D eigenvalue weighted by Crippen LogP contribution is -2.22. The van der Waals surface area contributed by atoms with Gasteiger partial charge in [-0.05, 0) is 25.1 Å². The molecule has 0 aliphatic rings. The molecule has 2 aromatic carbocycles. The fourth-order valence-corrected chi connectivity index (χ4v) is 2.42. The summed E-state index contributed by atoms with van der Waals surface area (Å²) in [4.78, 5) is 4.35. The van der Waals surface area contributed by atoms with Crippen LogP contribution in [0.15, 0.2) is 57.9 Å². The topological polar surface area (TPSA) is 72.8 Å². The van der Waals surface area contributed by atoms with Crippen molar-refractivity contribution < 1.29 is 9.15 Å². The zero-order chi connectivity index (χ0) is 16.2. The normalized spacial score (nSPS) is 11.2. The average molecular weight is 437 g/mol. The van der Waals surface area contributed by atoms with Crippen molar-refractivity contribution in [1.82, 2.24) is 0 Å². The maximum atomic E-state index is 5.95. The lowest BCUT2D eigenvalue weighted by Gasteiger charge is -2.07. The molecule has 0 saturated carbocycles. The predicted octanol–water partition coefficient (Wildman–Crippen LogP) is 4.29. The van der Waals surface area contributed by atoms with Crippen LogP contribution in [0.3, 0.4) is 0 Å². The van der Waals surface area contributed by atoms with Crippen LogP contribution in [0.1, 0.15) is 11.3 Å². The minimum atomic E-state index is 0. The summed E-state index contributed by atoms with van der Waals surface area (Å²) < 4.78 is 11.0. The third-order valence-electron chi connectivity index (χ3n) is 3.68. The van der Waals surface area contributed by atoms with E-state index in [9.17, 15) is 0 Å². The maximum Gasteiger partial charge on any atom is 0.193 e. The van der Waals surface area contributed by atoms with Crippen LogP contribution in [0.4, 0.5) is 5.69 Å². The number of fused-ring (bicyclic) bond motifs is 1. The number of para-hydroxylation sites is 1. The lowest BCUT2D eigenvalue weighted by molar-refractivity contribution is 0.415. The van der Waals surface area contributed by atoms with E-state index in [1.165, 1.54) is 0 Å². The first-order chi connectivity index (χ1) is 11.2. The molecule has 0 atom stereocenters. The largest absolute Gasteiger partial charge is 0.497 e. The Morgan fingerprint density at radius 2 is 2.00 bits per heavy atom. The van der Waals surface area contributed by atoms with Crippen LogP contribution < -0.4 is 15.8 Å². The van der Waals surface area contributed by atoms with Crippen molar-refractivity contribution in [2.75, 3.05) is 12.4 Å². The molecule has 1 aromatic heterocycles. The lowest BCUT2D eigenvalue weighted by atomic mass is 10.1. The molecule has 5 nitrogen and oxygen atoms in total. The fraction of sp³-hybridized carbons (Fsp3) is 0.167. The predicted molar refractivity (Wildman–Crippen MR) is 108 cm³/mol. The molecular weight excluding hydrogens is 417 g/mol. The van der Waals surface area contributed by atoms with E-state index < -0.39 is 0 Å². The van der Waals surface area contributed by atoms with Crippen molar-refractivity contribution in [2.45, 2.75) is 13.5 Å². The third-order valence-corrected chi connectivity index (χ3v) is 3.68. The number of ether oxygens (including phenoxy) is 1. The number of rotatable bonds is 4. The smallest absolute Gasteiger partial charge is 0.193 e. The van der Waals surface area contributed by atoms with Gasteiger partial charge in [-0.3, -0.25) is 0 Å². The van der Waals surface area contributed by atoms with E-state index in [1.54, 1.807) is 7.11 Å². The molecule has 0 fully saturated rings. The number of nitrogens with two attached hydrogens (primary N) is 1. The summed E-state index contributed by atoms with van der Waals surface area (Å²) in [5.41, 5.74) is 8.74. The highest BCUT2D eigenvalue weighted by Crippen LogP contribution is 2.25. The zero-order valence-corrected chi connectivity index (χ0v) is 15.9. The Hall–Kier alpha value is -2.22. The van der Waals surface area contributed by atoms with E-state index in [1.807, 2.05) is 55.5 Å². The van der Waals surface area contributed by atoms with Crippen LogP contribution in [0.5, 0.6) is 5.75 Å². The Bertz CT molecular complexity index is 858. The van der Waals surface area contributed by atoms with Gasteiger partial charge in [0.1, 0.15) is 23.6 Å². The second-order valence-electron chi connectivity index (χ2n) is 5.20. The van der Waals surface area contributed by atoms with E-state index in [-0.39, 0.29) is 24.0 Å².